The Morgan fingerprint density at radius 1 is 1.14 bits per heavy atom. The molecular weight excluding hydrogens is 288 g/mol. The van der Waals surface area contributed by atoms with Gasteiger partial charge in [-0.15, -0.1) is 5.10 Å². The van der Waals surface area contributed by atoms with Crippen molar-refractivity contribution in [1.29, 1.82) is 0 Å². The lowest BCUT2D eigenvalue weighted by Gasteiger charge is -2.06. The Balaban J connectivity index is 2.23. The molecule has 2 aromatic heterocycles. The van der Waals surface area contributed by atoms with E-state index in [-0.39, 0.29) is 5.78 Å². The van der Waals surface area contributed by atoms with Crippen molar-refractivity contribution in [3.8, 4) is 11.4 Å². The van der Waals surface area contributed by atoms with Crippen molar-refractivity contribution >= 4 is 23.2 Å². The number of hydrogen-bond donors (Lipinski definition) is 0. The van der Waals surface area contributed by atoms with E-state index in [1.54, 1.807) is 23.6 Å². The molecule has 0 bridgehead atoms. The molecule has 6 heteroatoms. The summed E-state index contributed by atoms with van der Waals surface area (Å²) >= 11 is 5.88. The summed E-state index contributed by atoms with van der Waals surface area (Å²) in [5.74, 6) is 1.02. The summed E-state index contributed by atoms with van der Waals surface area (Å²) < 4.78 is 1.60. The van der Waals surface area contributed by atoms with Crippen LogP contribution >= 0.6 is 11.6 Å². The second-order valence-corrected chi connectivity index (χ2v) is 5.30. The van der Waals surface area contributed by atoms with Crippen LogP contribution in [-0.4, -0.2) is 25.4 Å². The first-order valence-electron chi connectivity index (χ1n) is 6.48. The quantitative estimate of drug-likeness (QED) is 0.682. The average Bonchev–Trinajstić information content (AvgIpc) is 2.83. The van der Waals surface area contributed by atoms with Crippen LogP contribution in [0.1, 0.15) is 28.7 Å². The van der Waals surface area contributed by atoms with Gasteiger partial charge < -0.3 is 0 Å². The second kappa shape index (κ2) is 4.93. The van der Waals surface area contributed by atoms with Crippen LogP contribution in [-0.2, 0) is 0 Å². The fraction of sp³-hybridized carbons (Fsp3) is 0.200. The molecule has 0 spiro atoms. The summed E-state index contributed by atoms with van der Waals surface area (Å²) in [4.78, 5) is 20.5. The van der Waals surface area contributed by atoms with Gasteiger partial charge in [-0.25, -0.2) is 9.50 Å². The fourth-order valence-corrected chi connectivity index (χ4v) is 2.53. The third kappa shape index (κ3) is 2.29. The van der Waals surface area contributed by atoms with E-state index in [0.29, 0.717) is 27.9 Å². The lowest BCUT2D eigenvalue weighted by molar-refractivity contribution is 0.101. The number of aromatic nitrogens is 4. The predicted octanol–water partition coefficient (Wildman–Crippen LogP) is 3.26. The average molecular weight is 301 g/mol. The molecule has 0 saturated carbocycles. The zero-order valence-corrected chi connectivity index (χ0v) is 12.6. The van der Waals surface area contributed by atoms with Crippen molar-refractivity contribution in [3.05, 3.63) is 46.2 Å². The van der Waals surface area contributed by atoms with E-state index in [1.807, 2.05) is 19.1 Å². The number of rotatable bonds is 2. The van der Waals surface area contributed by atoms with Crippen molar-refractivity contribution < 1.29 is 4.79 Å². The fourth-order valence-electron chi connectivity index (χ4n) is 2.41. The highest BCUT2D eigenvalue weighted by molar-refractivity contribution is 6.30. The van der Waals surface area contributed by atoms with Gasteiger partial charge in [0.15, 0.2) is 11.6 Å². The van der Waals surface area contributed by atoms with Crippen LogP contribution in [0.5, 0.6) is 0 Å². The molecule has 3 aromatic rings. The van der Waals surface area contributed by atoms with Crippen LogP contribution in [0.3, 0.4) is 0 Å². The van der Waals surface area contributed by atoms with Crippen LogP contribution in [0.25, 0.3) is 17.2 Å². The Labute approximate surface area is 126 Å². The van der Waals surface area contributed by atoms with E-state index in [9.17, 15) is 4.79 Å². The lowest BCUT2D eigenvalue weighted by Crippen LogP contribution is -2.09. The highest BCUT2D eigenvalue weighted by Crippen LogP contribution is 2.21. The number of carbonyl (C=O) groups excluding carboxylic acids is 1. The molecule has 106 valence electrons. The molecule has 0 radical (unpaired) electrons. The van der Waals surface area contributed by atoms with E-state index in [4.69, 9.17) is 11.6 Å². The Morgan fingerprint density at radius 3 is 2.43 bits per heavy atom. The first kappa shape index (κ1) is 13.7. The van der Waals surface area contributed by atoms with Crippen molar-refractivity contribution in [3.63, 3.8) is 0 Å². The molecule has 0 unspecified atom stereocenters. The molecule has 1 aromatic carbocycles. The first-order chi connectivity index (χ1) is 9.97. The number of fused-ring (bicyclic) bond motifs is 1. The Bertz CT molecular complexity index is 852. The van der Waals surface area contributed by atoms with Gasteiger partial charge in [0.1, 0.15) is 0 Å². The molecule has 0 aliphatic rings. The number of hydrogen-bond acceptors (Lipinski definition) is 4. The number of Topliss-reactive ketones (excluding diaryl/α,β-unsaturated/α-hetero) is 1. The number of carbonyl (C=O) groups is 1. The van der Waals surface area contributed by atoms with Gasteiger partial charge in [-0.1, -0.05) is 11.6 Å². The molecule has 21 heavy (non-hydrogen) atoms. The number of benzene rings is 1. The Hall–Kier alpha value is -2.27. The largest absolute Gasteiger partial charge is 0.294 e. The van der Waals surface area contributed by atoms with E-state index >= 15 is 0 Å². The zero-order valence-electron chi connectivity index (χ0n) is 11.9. The maximum Gasteiger partial charge on any atom is 0.253 e. The van der Waals surface area contributed by atoms with Crippen LogP contribution in [0, 0.1) is 13.8 Å². The smallest absolute Gasteiger partial charge is 0.253 e. The summed E-state index contributed by atoms with van der Waals surface area (Å²) in [6, 6.07) is 7.28. The summed E-state index contributed by atoms with van der Waals surface area (Å²) in [6.07, 6.45) is 0. The second-order valence-electron chi connectivity index (χ2n) is 4.87. The first-order valence-corrected chi connectivity index (χ1v) is 6.86. The SMILES string of the molecule is CC(=O)c1c(C)nc2nc(-c3ccc(Cl)cc3)nn2c1C. The molecule has 0 aliphatic carbocycles. The molecule has 0 N–H and O–H groups in total. The van der Waals surface area contributed by atoms with Crippen LogP contribution < -0.4 is 0 Å². The third-order valence-corrected chi connectivity index (χ3v) is 3.61. The third-order valence-electron chi connectivity index (χ3n) is 3.35. The summed E-state index contributed by atoms with van der Waals surface area (Å²) in [7, 11) is 0. The lowest BCUT2D eigenvalue weighted by atomic mass is 10.1. The van der Waals surface area contributed by atoms with Crippen LogP contribution in [0.4, 0.5) is 0 Å². The molecule has 5 nitrogen and oxygen atoms in total. The molecular formula is C15H13ClN4O. The van der Waals surface area contributed by atoms with Gasteiger partial charge in [-0.05, 0) is 45.0 Å². The monoisotopic (exact) mass is 300 g/mol. The topological polar surface area (TPSA) is 60.2 Å². The van der Waals surface area contributed by atoms with Gasteiger partial charge in [0.05, 0.1) is 17.0 Å². The van der Waals surface area contributed by atoms with Crippen molar-refractivity contribution in [2.45, 2.75) is 20.8 Å². The van der Waals surface area contributed by atoms with Gasteiger partial charge in [-0.2, -0.15) is 4.98 Å². The number of halogens is 1. The van der Waals surface area contributed by atoms with Gasteiger partial charge in [-0.3, -0.25) is 4.79 Å². The normalized spacial score (nSPS) is 11.0. The van der Waals surface area contributed by atoms with Crippen LogP contribution in [0.2, 0.25) is 5.02 Å². The molecule has 0 atom stereocenters. The summed E-state index contributed by atoms with van der Waals surface area (Å²) in [5, 5.41) is 5.10. The van der Waals surface area contributed by atoms with Crippen molar-refractivity contribution in [2.24, 2.45) is 0 Å². The summed E-state index contributed by atoms with van der Waals surface area (Å²) in [5.41, 5.74) is 2.86. The van der Waals surface area contributed by atoms with Gasteiger partial charge in [0.2, 0.25) is 0 Å². The highest BCUT2D eigenvalue weighted by Gasteiger charge is 2.16. The molecule has 0 saturated heterocycles. The van der Waals surface area contributed by atoms with Gasteiger partial charge in [0.25, 0.3) is 5.78 Å². The molecule has 2 heterocycles. The number of nitrogens with zero attached hydrogens (tertiary/aromatic N) is 4. The van der Waals surface area contributed by atoms with Crippen LogP contribution in [0.15, 0.2) is 24.3 Å². The van der Waals surface area contributed by atoms with Gasteiger partial charge >= 0.3 is 0 Å². The molecule has 0 aliphatic heterocycles. The highest BCUT2D eigenvalue weighted by atomic mass is 35.5. The van der Waals surface area contributed by atoms with E-state index in [1.165, 1.54) is 6.92 Å². The minimum absolute atomic E-state index is 0.0251. The standard InChI is InChI=1S/C15H13ClN4O/c1-8-13(10(3)21)9(2)20-15(17-8)18-14(19-20)11-4-6-12(16)7-5-11/h4-7H,1-3H3. The van der Waals surface area contributed by atoms with Gasteiger partial charge in [0, 0.05) is 10.6 Å². The molecule has 0 fully saturated rings. The number of ketones is 1. The zero-order chi connectivity index (χ0) is 15.1. The van der Waals surface area contributed by atoms with E-state index in [0.717, 1.165) is 11.3 Å². The Kier molecular flexibility index (Phi) is 3.22. The minimum Gasteiger partial charge on any atom is -0.294 e. The molecule has 0 amide bonds. The summed E-state index contributed by atoms with van der Waals surface area (Å²) in [6.45, 7) is 5.18. The van der Waals surface area contributed by atoms with E-state index in [2.05, 4.69) is 15.1 Å². The Morgan fingerprint density at radius 2 is 1.81 bits per heavy atom. The van der Waals surface area contributed by atoms with E-state index < -0.39 is 0 Å². The maximum atomic E-state index is 11.7. The maximum absolute atomic E-state index is 11.7. The molecule has 3 rings (SSSR count). The van der Waals surface area contributed by atoms with Crippen molar-refractivity contribution in [1.82, 2.24) is 19.6 Å². The minimum atomic E-state index is -0.0251. The number of aryl methyl sites for hydroxylation is 2. The van der Waals surface area contributed by atoms with Crippen molar-refractivity contribution in [2.75, 3.05) is 0 Å². The predicted molar refractivity (Wildman–Crippen MR) is 80.7 cm³/mol.